The predicted octanol–water partition coefficient (Wildman–Crippen LogP) is 5.68. The monoisotopic (exact) mass is 445 g/mol. The summed E-state index contributed by atoms with van der Waals surface area (Å²) in [5.74, 6) is 1.77. The fourth-order valence-corrected chi connectivity index (χ4v) is 5.07. The van der Waals surface area contributed by atoms with Gasteiger partial charge in [-0.15, -0.1) is 0 Å². The molecule has 3 aromatic carbocycles. The zero-order valence-corrected chi connectivity index (χ0v) is 18.9. The molecule has 0 saturated carbocycles. The van der Waals surface area contributed by atoms with Gasteiger partial charge in [0.15, 0.2) is 0 Å². The quantitative estimate of drug-likeness (QED) is 0.428. The van der Waals surface area contributed by atoms with E-state index < -0.39 is 0 Å². The lowest BCUT2D eigenvalue weighted by atomic mass is 9.97. The number of phenols is 1. The van der Waals surface area contributed by atoms with Gasteiger partial charge in [-0.05, 0) is 66.6 Å². The van der Waals surface area contributed by atoms with Gasteiger partial charge >= 0.3 is 0 Å². The molecular formula is C25H23N3O3S. The van der Waals surface area contributed by atoms with Gasteiger partial charge in [-0.3, -0.25) is 0 Å². The number of aryl methyl sites for hydroxylation is 1. The second-order valence-electron chi connectivity index (χ2n) is 7.68. The van der Waals surface area contributed by atoms with Crippen LogP contribution in [0, 0.1) is 6.92 Å². The van der Waals surface area contributed by atoms with E-state index >= 15 is 0 Å². The minimum atomic E-state index is -0.107. The van der Waals surface area contributed by atoms with E-state index in [2.05, 4.69) is 25.1 Å². The Balaban J connectivity index is 1.64. The molecule has 6 nitrogen and oxygen atoms in total. The third-order valence-corrected chi connectivity index (χ3v) is 6.72. The molecule has 2 heterocycles. The van der Waals surface area contributed by atoms with Crippen molar-refractivity contribution in [2.45, 2.75) is 19.4 Å². The first-order chi connectivity index (χ1) is 15.6. The average Bonchev–Trinajstić information content (AvgIpc) is 3.44. The van der Waals surface area contributed by atoms with Crippen molar-refractivity contribution in [1.29, 1.82) is 0 Å². The smallest absolute Gasteiger partial charge is 0.207 e. The summed E-state index contributed by atoms with van der Waals surface area (Å²) in [7, 11) is 3.33. The Morgan fingerprint density at radius 2 is 1.84 bits per heavy atom. The maximum Gasteiger partial charge on any atom is 0.207 e. The highest BCUT2D eigenvalue weighted by atomic mass is 32.1. The number of anilines is 1. The Morgan fingerprint density at radius 3 is 2.56 bits per heavy atom. The largest absolute Gasteiger partial charge is 0.508 e. The van der Waals surface area contributed by atoms with Crippen LogP contribution in [0.1, 0.15) is 29.2 Å². The summed E-state index contributed by atoms with van der Waals surface area (Å²) in [6, 6.07) is 19.1. The summed E-state index contributed by atoms with van der Waals surface area (Å²) in [6.45, 7) is 2.07. The lowest BCUT2D eigenvalue weighted by molar-refractivity contribution is 0.395. The number of rotatable bonds is 5. The number of fused-ring (bicyclic) bond motifs is 1. The molecule has 0 amide bonds. The van der Waals surface area contributed by atoms with Crippen LogP contribution < -0.4 is 14.5 Å². The van der Waals surface area contributed by atoms with Crippen LogP contribution in [0.5, 0.6) is 17.2 Å². The molecule has 32 heavy (non-hydrogen) atoms. The zero-order chi connectivity index (χ0) is 22.2. The van der Waals surface area contributed by atoms with Gasteiger partial charge in [0, 0.05) is 12.0 Å². The first kappa shape index (κ1) is 20.3. The van der Waals surface area contributed by atoms with Gasteiger partial charge in [-0.2, -0.15) is 5.10 Å². The summed E-state index contributed by atoms with van der Waals surface area (Å²) in [6.07, 6.45) is 0.670. The normalized spacial score (nSPS) is 15.8. The van der Waals surface area contributed by atoms with E-state index in [0.717, 1.165) is 49.2 Å². The van der Waals surface area contributed by atoms with Crippen molar-refractivity contribution in [3.05, 3.63) is 77.4 Å². The Bertz CT molecular complexity index is 1310. The van der Waals surface area contributed by atoms with Gasteiger partial charge in [-0.25, -0.2) is 9.99 Å². The number of ether oxygens (including phenoxy) is 2. The summed E-state index contributed by atoms with van der Waals surface area (Å²) >= 11 is 1.63. The number of aromatic nitrogens is 1. The number of methoxy groups -OCH3 is 2. The van der Waals surface area contributed by atoms with E-state index in [9.17, 15) is 5.11 Å². The minimum Gasteiger partial charge on any atom is -0.508 e. The van der Waals surface area contributed by atoms with E-state index in [1.165, 1.54) is 0 Å². The van der Waals surface area contributed by atoms with Gasteiger partial charge in [0.2, 0.25) is 5.13 Å². The molecule has 1 aliphatic rings. The summed E-state index contributed by atoms with van der Waals surface area (Å²) < 4.78 is 12.3. The topological polar surface area (TPSA) is 67.2 Å². The number of aromatic hydroxyl groups is 1. The maximum atomic E-state index is 9.70. The number of para-hydroxylation sites is 1. The average molecular weight is 446 g/mol. The van der Waals surface area contributed by atoms with Crippen LogP contribution in [0.4, 0.5) is 5.13 Å². The molecule has 1 aromatic heterocycles. The number of phenolic OH excluding ortho intramolecular Hbond substituents is 1. The maximum absolute atomic E-state index is 9.70. The fraction of sp³-hybridized carbons (Fsp3) is 0.200. The third kappa shape index (κ3) is 3.54. The van der Waals surface area contributed by atoms with Crippen molar-refractivity contribution >= 4 is 32.4 Å². The van der Waals surface area contributed by atoms with Crippen LogP contribution in [0.25, 0.3) is 10.2 Å². The molecule has 0 radical (unpaired) electrons. The van der Waals surface area contributed by atoms with Crippen LogP contribution in [0.15, 0.2) is 65.8 Å². The minimum absolute atomic E-state index is 0.107. The van der Waals surface area contributed by atoms with Gasteiger partial charge in [0.05, 0.1) is 36.2 Å². The number of hydrazone groups is 1. The highest BCUT2D eigenvalue weighted by Gasteiger charge is 2.34. The van der Waals surface area contributed by atoms with E-state index in [1.54, 1.807) is 37.7 Å². The molecular weight excluding hydrogens is 422 g/mol. The van der Waals surface area contributed by atoms with Crippen molar-refractivity contribution in [2.24, 2.45) is 5.10 Å². The number of benzene rings is 3. The van der Waals surface area contributed by atoms with E-state index in [-0.39, 0.29) is 11.8 Å². The van der Waals surface area contributed by atoms with Crippen molar-refractivity contribution in [2.75, 3.05) is 19.2 Å². The fourth-order valence-electron chi connectivity index (χ4n) is 4.03. The number of hydrogen-bond donors (Lipinski definition) is 1. The molecule has 4 aromatic rings. The number of thiazole rings is 1. The molecule has 1 unspecified atom stereocenters. The van der Waals surface area contributed by atoms with Crippen LogP contribution in [0.3, 0.4) is 0 Å². The molecule has 1 atom stereocenters. The summed E-state index contributed by atoms with van der Waals surface area (Å²) in [5, 5.41) is 17.5. The van der Waals surface area contributed by atoms with Crippen molar-refractivity contribution in [1.82, 2.24) is 4.98 Å². The van der Waals surface area contributed by atoms with Crippen LogP contribution in [-0.2, 0) is 0 Å². The van der Waals surface area contributed by atoms with Crippen LogP contribution in [0.2, 0.25) is 0 Å². The summed E-state index contributed by atoms with van der Waals surface area (Å²) in [4.78, 5) is 4.94. The molecule has 0 spiro atoms. The Morgan fingerprint density at radius 1 is 1.03 bits per heavy atom. The zero-order valence-electron chi connectivity index (χ0n) is 18.1. The molecule has 1 N–H and O–H groups in total. The number of hydrogen-bond acceptors (Lipinski definition) is 7. The van der Waals surface area contributed by atoms with E-state index in [4.69, 9.17) is 19.6 Å². The molecule has 0 saturated heterocycles. The first-order valence-corrected chi connectivity index (χ1v) is 11.1. The standard InChI is InChI=1S/C25H23N3O3S/c1-15-5-4-6-23-24(15)26-25(32-23)28-21(19-13-18(30-2)11-12-22(19)31-3)14-20(27-28)16-7-9-17(29)10-8-16/h4-13,21,29H,14H2,1-3H3. The lowest BCUT2D eigenvalue weighted by Gasteiger charge is -2.23. The predicted molar refractivity (Wildman–Crippen MR) is 128 cm³/mol. The Hall–Kier alpha value is -3.58. The molecule has 1 aliphatic heterocycles. The van der Waals surface area contributed by atoms with Gasteiger partial charge in [-0.1, -0.05) is 23.5 Å². The van der Waals surface area contributed by atoms with Crippen molar-refractivity contribution in [3.63, 3.8) is 0 Å². The lowest BCUT2D eigenvalue weighted by Crippen LogP contribution is -2.19. The second kappa shape index (κ2) is 8.16. The molecule has 162 valence electrons. The highest BCUT2D eigenvalue weighted by molar-refractivity contribution is 7.22. The third-order valence-electron chi connectivity index (χ3n) is 5.71. The molecule has 0 fully saturated rings. The van der Waals surface area contributed by atoms with E-state index in [0.29, 0.717) is 6.42 Å². The van der Waals surface area contributed by atoms with Crippen molar-refractivity contribution in [3.8, 4) is 17.2 Å². The van der Waals surface area contributed by atoms with E-state index in [1.807, 2.05) is 35.3 Å². The van der Waals surface area contributed by atoms with Crippen molar-refractivity contribution < 1.29 is 14.6 Å². The SMILES string of the molecule is COc1ccc(OC)c(C2CC(c3ccc(O)cc3)=NN2c2nc3c(C)cccc3s2)c1. The van der Waals surface area contributed by atoms with Crippen LogP contribution >= 0.6 is 11.3 Å². The van der Waals surface area contributed by atoms with Gasteiger partial charge in [0.25, 0.3) is 0 Å². The Kier molecular flexibility index (Phi) is 5.19. The molecule has 0 bridgehead atoms. The second-order valence-corrected chi connectivity index (χ2v) is 8.69. The molecule has 0 aliphatic carbocycles. The molecule has 5 rings (SSSR count). The summed E-state index contributed by atoms with van der Waals surface area (Å²) in [5.41, 5.74) is 5.02. The van der Waals surface area contributed by atoms with Gasteiger partial charge in [0.1, 0.15) is 17.2 Å². The Labute approximate surface area is 190 Å². The first-order valence-electron chi connectivity index (χ1n) is 10.3. The van der Waals surface area contributed by atoms with Crippen LogP contribution in [-0.4, -0.2) is 30.0 Å². The molecule has 7 heteroatoms. The number of nitrogens with zero attached hydrogens (tertiary/aromatic N) is 3. The van der Waals surface area contributed by atoms with Gasteiger partial charge < -0.3 is 14.6 Å². The highest BCUT2D eigenvalue weighted by Crippen LogP contribution is 2.44.